The molecule has 0 fully saturated rings. The predicted molar refractivity (Wildman–Crippen MR) is 67.8 cm³/mol. The van der Waals surface area contributed by atoms with Crippen LogP contribution >= 0.6 is 0 Å². The Labute approximate surface area is 112 Å². The van der Waals surface area contributed by atoms with Gasteiger partial charge < -0.3 is 24.9 Å². The maximum atomic E-state index is 11.7. The zero-order valence-corrected chi connectivity index (χ0v) is 11.2. The minimum Gasteiger partial charge on any atom is -0.544 e. The standard InChI is InChI=1S/C13H18N2O4/c1-15(2)11(13(17)18)8-12(16)14-9-4-6-10(19-3)7-5-9/h4-7,11H,8H2,1-3H3,(H,14,16)(H,17,18)/t11-/m0/s1. The van der Waals surface area contributed by atoms with Crippen LogP contribution in [-0.4, -0.2) is 39.1 Å². The Balaban J connectivity index is 2.61. The molecule has 0 aromatic heterocycles. The van der Waals surface area contributed by atoms with Crippen LogP contribution in [-0.2, 0) is 9.59 Å². The van der Waals surface area contributed by atoms with Crippen molar-refractivity contribution in [2.45, 2.75) is 12.5 Å². The highest BCUT2D eigenvalue weighted by Crippen LogP contribution is 2.15. The van der Waals surface area contributed by atoms with Gasteiger partial charge in [-0.3, -0.25) is 4.79 Å². The number of quaternary nitrogens is 1. The third-order valence-corrected chi connectivity index (χ3v) is 2.74. The van der Waals surface area contributed by atoms with Gasteiger partial charge in [0.25, 0.3) is 0 Å². The number of carbonyl (C=O) groups excluding carboxylic acids is 2. The fourth-order valence-electron chi connectivity index (χ4n) is 1.59. The Morgan fingerprint density at radius 1 is 1.32 bits per heavy atom. The van der Waals surface area contributed by atoms with Crippen LogP contribution in [0.2, 0.25) is 0 Å². The normalized spacial score (nSPS) is 12.0. The molecule has 1 amide bonds. The van der Waals surface area contributed by atoms with Gasteiger partial charge in [-0.05, 0) is 24.3 Å². The highest BCUT2D eigenvalue weighted by Gasteiger charge is 2.20. The molecule has 1 aromatic carbocycles. The largest absolute Gasteiger partial charge is 0.544 e. The maximum Gasteiger partial charge on any atom is 0.230 e. The highest BCUT2D eigenvalue weighted by atomic mass is 16.5. The van der Waals surface area contributed by atoms with Crippen LogP contribution in [0.25, 0.3) is 0 Å². The summed E-state index contributed by atoms with van der Waals surface area (Å²) < 4.78 is 5.00. The molecule has 0 radical (unpaired) electrons. The van der Waals surface area contributed by atoms with Crippen LogP contribution in [0, 0.1) is 0 Å². The van der Waals surface area contributed by atoms with Crippen LogP contribution in [0.15, 0.2) is 24.3 Å². The Morgan fingerprint density at radius 2 is 1.89 bits per heavy atom. The van der Waals surface area contributed by atoms with E-state index < -0.39 is 12.0 Å². The number of methoxy groups -OCH3 is 1. The third-order valence-electron chi connectivity index (χ3n) is 2.74. The van der Waals surface area contributed by atoms with Gasteiger partial charge in [0.2, 0.25) is 5.91 Å². The van der Waals surface area contributed by atoms with E-state index in [9.17, 15) is 14.7 Å². The van der Waals surface area contributed by atoms with Crippen LogP contribution in [0.5, 0.6) is 5.75 Å². The van der Waals surface area contributed by atoms with Crippen molar-refractivity contribution in [1.29, 1.82) is 0 Å². The summed E-state index contributed by atoms with van der Waals surface area (Å²) in [6, 6.07) is 5.94. The molecule has 6 nitrogen and oxygen atoms in total. The first-order valence-electron chi connectivity index (χ1n) is 5.89. The van der Waals surface area contributed by atoms with Gasteiger partial charge in [-0.15, -0.1) is 0 Å². The topological polar surface area (TPSA) is 82.9 Å². The highest BCUT2D eigenvalue weighted by molar-refractivity contribution is 5.93. The average Bonchev–Trinajstić information content (AvgIpc) is 2.36. The molecule has 0 spiro atoms. The minimum absolute atomic E-state index is 0.128. The molecule has 1 rings (SSSR count). The molecular formula is C13H18N2O4. The zero-order valence-electron chi connectivity index (χ0n) is 11.2. The Bertz CT molecular complexity index is 442. The van der Waals surface area contributed by atoms with E-state index in [-0.39, 0.29) is 12.3 Å². The van der Waals surface area contributed by atoms with E-state index >= 15 is 0 Å². The number of nitrogens with one attached hydrogen (secondary N) is 2. The van der Waals surface area contributed by atoms with E-state index in [1.54, 1.807) is 45.5 Å². The number of likely N-dealkylation sites (N-methyl/N-ethyl adjacent to an activating group) is 1. The second-order valence-electron chi connectivity index (χ2n) is 4.43. The summed E-state index contributed by atoms with van der Waals surface area (Å²) in [7, 11) is 4.89. The number of ether oxygens (including phenoxy) is 1. The fraction of sp³-hybridized carbons (Fsp3) is 0.385. The number of hydrogen-bond donors (Lipinski definition) is 2. The summed E-state index contributed by atoms with van der Waals surface area (Å²) in [6.45, 7) is 0. The molecule has 6 heteroatoms. The molecule has 0 unspecified atom stereocenters. The van der Waals surface area contributed by atoms with Crippen molar-refractivity contribution in [3.63, 3.8) is 0 Å². The Kier molecular flexibility index (Phi) is 5.32. The van der Waals surface area contributed by atoms with Gasteiger partial charge >= 0.3 is 0 Å². The van der Waals surface area contributed by atoms with Crippen molar-refractivity contribution >= 4 is 17.6 Å². The maximum absolute atomic E-state index is 11.7. The van der Waals surface area contributed by atoms with Gasteiger partial charge in [-0.25, -0.2) is 0 Å². The lowest BCUT2D eigenvalue weighted by atomic mass is 10.2. The number of amides is 1. The van der Waals surface area contributed by atoms with Crippen molar-refractivity contribution in [1.82, 2.24) is 0 Å². The second-order valence-corrected chi connectivity index (χ2v) is 4.43. The lowest BCUT2D eigenvalue weighted by Gasteiger charge is -2.21. The van der Waals surface area contributed by atoms with Crippen molar-refractivity contribution in [3.8, 4) is 5.75 Å². The van der Waals surface area contributed by atoms with E-state index in [2.05, 4.69) is 5.32 Å². The van der Waals surface area contributed by atoms with E-state index in [1.165, 1.54) is 0 Å². The third kappa shape index (κ3) is 4.59. The molecule has 0 saturated heterocycles. The van der Waals surface area contributed by atoms with E-state index in [1.807, 2.05) is 0 Å². The molecule has 0 saturated carbocycles. The lowest BCUT2D eigenvalue weighted by Crippen LogP contribution is -3.12. The zero-order chi connectivity index (χ0) is 14.4. The van der Waals surface area contributed by atoms with Gasteiger partial charge in [0.05, 0.1) is 33.6 Å². The van der Waals surface area contributed by atoms with E-state index in [4.69, 9.17) is 4.74 Å². The molecule has 2 N–H and O–H groups in total. The molecule has 0 bridgehead atoms. The fourth-order valence-corrected chi connectivity index (χ4v) is 1.59. The number of carboxylic acid groups (broad SMARTS) is 1. The summed E-state index contributed by atoms with van der Waals surface area (Å²) in [5.41, 5.74) is 0.594. The molecule has 1 aromatic rings. The van der Waals surface area contributed by atoms with Gasteiger partial charge in [0, 0.05) is 5.69 Å². The van der Waals surface area contributed by atoms with Gasteiger partial charge in [-0.1, -0.05) is 0 Å². The van der Waals surface area contributed by atoms with E-state index in [0.717, 1.165) is 0 Å². The van der Waals surface area contributed by atoms with Crippen molar-refractivity contribution in [3.05, 3.63) is 24.3 Å². The van der Waals surface area contributed by atoms with Gasteiger partial charge in [0.15, 0.2) is 0 Å². The second kappa shape index (κ2) is 6.75. The number of hydrogen-bond acceptors (Lipinski definition) is 4. The Hall–Kier alpha value is -2.08. The van der Waals surface area contributed by atoms with Gasteiger partial charge in [0.1, 0.15) is 11.8 Å². The summed E-state index contributed by atoms with van der Waals surface area (Å²) in [5.74, 6) is -0.909. The Morgan fingerprint density at radius 3 is 2.32 bits per heavy atom. The number of aliphatic carboxylic acids is 1. The summed E-state index contributed by atoms with van der Waals surface area (Å²) in [5, 5.41) is 13.5. The number of rotatable bonds is 6. The minimum atomic E-state index is -1.23. The molecule has 0 aliphatic carbocycles. The molecule has 0 aliphatic heterocycles. The molecule has 1 atom stereocenters. The predicted octanol–water partition coefficient (Wildman–Crippen LogP) is -1.71. The average molecular weight is 266 g/mol. The number of benzene rings is 1. The smallest absolute Gasteiger partial charge is 0.230 e. The lowest BCUT2D eigenvalue weighted by molar-refractivity contribution is -0.878. The van der Waals surface area contributed by atoms with Crippen LogP contribution < -0.4 is 20.1 Å². The van der Waals surface area contributed by atoms with Crippen LogP contribution in [0.3, 0.4) is 0 Å². The number of carbonyl (C=O) groups is 2. The molecule has 104 valence electrons. The number of carboxylic acids is 1. The van der Waals surface area contributed by atoms with Crippen molar-refractivity contribution < 1.29 is 24.3 Å². The quantitative estimate of drug-likeness (QED) is 0.642. The monoisotopic (exact) mass is 266 g/mol. The molecule has 0 heterocycles. The molecule has 0 aliphatic rings. The first-order chi connectivity index (χ1) is 8.93. The first kappa shape index (κ1) is 15.0. The van der Waals surface area contributed by atoms with E-state index in [0.29, 0.717) is 16.3 Å². The molecule has 19 heavy (non-hydrogen) atoms. The SMILES string of the molecule is COc1ccc(NC(=O)C[C@@H](C(=O)[O-])[NH+](C)C)cc1. The first-order valence-corrected chi connectivity index (χ1v) is 5.89. The van der Waals surface area contributed by atoms with Crippen molar-refractivity contribution in [2.75, 3.05) is 26.5 Å². The van der Waals surface area contributed by atoms with Gasteiger partial charge in [-0.2, -0.15) is 0 Å². The van der Waals surface area contributed by atoms with Crippen molar-refractivity contribution in [2.24, 2.45) is 0 Å². The summed E-state index contributed by atoms with van der Waals surface area (Å²) in [6.07, 6.45) is -0.128. The number of anilines is 1. The molecular weight excluding hydrogens is 248 g/mol. The van der Waals surface area contributed by atoms with Crippen LogP contribution in [0.4, 0.5) is 5.69 Å². The van der Waals surface area contributed by atoms with Crippen LogP contribution in [0.1, 0.15) is 6.42 Å². The summed E-state index contributed by atoms with van der Waals surface area (Å²) >= 11 is 0. The summed E-state index contributed by atoms with van der Waals surface area (Å²) in [4.78, 5) is 23.3.